The Morgan fingerprint density at radius 3 is 2.72 bits per heavy atom. The SMILES string of the molecule is CCC(COC)NC(C)CCc1cccc(C)c1. The Hall–Kier alpha value is -0.860. The molecule has 2 nitrogen and oxygen atoms in total. The summed E-state index contributed by atoms with van der Waals surface area (Å²) < 4.78 is 5.21. The second kappa shape index (κ2) is 8.28. The average molecular weight is 249 g/mol. The minimum Gasteiger partial charge on any atom is -0.383 e. The summed E-state index contributed by atoms with van der Waals surface area (Å²) in [6.07, 6.45) is 3.42. The molecular weight excluding hydrogens is 222 g/mol. The van der Waals surface area contributed by atoms with Gasteiger partial charge in [-0.15, -0.1) is 0 Å². The fourth-order valence-electron chi connectivity index (χ4n) is 2.22. The van der Waals surface area contributed by atoms with Gasteiger partial charge >= 0.3 is 0 Å². The molecule has 1 rings (SSSR count). The zero-order valence-corrected chi connectivity index (χ0v) is 12.2. The normalized spacial score (nSPS) is 14.4. The molecule has 0 fully saturated rings. The van der Waals surface area contributed by atoms with Crippen molar-refractivity contribution in [2.45, 2.75) is 52.1 Å². The number of hydrogen-bond acceptors (Lipinski definition) is 2. The first-order valence-corrected chi connectivity index (χ1v) is 6.96. The molecule has 0 aliphatic heterocycles. The van der Waals surface area contributed by atoms with Crippen molar-refractivity contribution in [3.63, 3.8) is 0 Å². The van der Waals surface area contributed by atoms with Crippen LogP contribution in [0, 0.1) is 6.92 Å². The Morgan fingerprint density at radius 2 is 2.11 bits per heavy atom. The van der Waals surface area contributed by atoms with Crippen LogP contribution in [-0.4, -0.2) is 25.8 Å². The lowest BCUT2D eigenvalue weighted by Gasteiger charge is -2.21. The number of rotatable bonds is 8. The van der Waals surface area contributed by atoms with Gasteiger partial charge in [-0.2, -0.15) is 0 Å². The van der Waals surface area contributed by atoms with Crippen LogP contribution in [0.15, 0.2) is 24.3 Å². The number of hydrogen-bond donors (Lipinski definition) is 1. The van der Waals surface area contributed by atoms with E-state index < -0.39 is 0 Å². The zero-order valence-electron chi connectivity index (χ0n) is 12.2. The molecule has 0 aliphatic carbocycles. The molecule has 2 unspecified atom stereocenters. The summed E-state index contributed by atoms with van der Waals surface area (Å²) in [6, 6.07) is 9.79. The Balaban J connectivity index is 2.34. The van der Waals surface area contributed by atoms with E-state index in [0.29, 0.717) is 12.1 Å². The lowest BCUT2D eigenvalue weighted by atomic mass is 10.0. The largest absolute Gasteiger partial charge is 0.383 e. The van der Waals surface area contributed by atoms with Gasteiger partial charge < -0.3 is 10.1 Å². The molecule has 0 aliphatic rings. The van der Waals surface area contributed by atoms with Crippen molar-refractivity contribution in [1.29, 1.82) is 0 Å². The van der Waals surface area contributed by atoms with Crippen LogP contribution >= 0.6 is 0 Å². The minimum atomic E-state index is 0.475. The van der Waals surface area contributed by atoms with Gasteiger partial charge in [0, 0.05) is 19.2 Å². The molecule has 0 radical (unpaired) electrons. The van der Waals surface area contributed by atoms with E-state index in [1.165, 1.54) is 17.5 Å². The molecule has 0 saturated carbocycles. The van der Waals surface area contributed by atoms with Crippen molar-refractivity contribution >= 4 is 0 Å². The molecule has 0 heterocycles. The molecule has 2 atom stereocenters. The van der Waals surface area contributed by atoms with Crippen molar-refractivity contribution < 1.29 is 4.74 Å². The van der Waals surface area contributed by atoms with Gasteiger partial charge in [-0.25, -0.2) is 0 Å². The Labute approximate surface area is 112 Å². The summed E-state index contributed by atoms with van der Waals surface area (Å²) >= 11 is 0. The first-order valence-electron chi connectivity index (χ1n) is 6.96. The maximum Gasteiger partial charge on any atom is 0.0615 e. The summed E-state index contributed by atoms with van der Waals surface area (Å²) in [5, 5.41) is 3.63. The summed E-state index contributed by atoms with van der Waals surface area (Å²) in [5.74, 6) is 0. The highest BCUT2D eigenvalue weighted by atomic mass is 16.5. The Bertz CT molecular complexity index is 338. The monoisotopic (exact) mass is 249 g/mol. The zero-order chi connectivity index (χ0) is 13.4. The highest BCUT2D eigenvalue weighted by molar-refractivity contribution is 5.22. The Kier molecular flexibility index (Phi) is 6.99. The standard InChI is InChI=1S/C16H27NO/c1-5-16(12-18-4)17-14(3)9-10-15-8-6-7-13(2)11-15/h6-8,11,14,16-17H,5,9-10,12H2,1-4H3. The van der Waals surface area contributed by atoms with Crippen LogP contribution < -0.4 is 5.32 Å². The van der Waals surface area contributed by atoms with Crippen molar-refractivity contribution in [3.8, 4) is 0 Å². The number of aryl methyl sites for hydroxylation is 2. The third-order valence-corrected chi connectivity index (χ3v) is 3.33. The fourth-order valence-corrected chi connectivity index (χ4v) is 2.22. The molecule has 1 N–H and O–H groups in total. The summed E-state index contributed by atoms with van der Waals surface area (Å²) in [6.45, 7) is 7.40. The van der Waals surface area contributed by atoms with Gasteiger partial charge in [-0.05, 0) is 38.7 Å². The molecule has 102 valence electrons. The van der Waals surface area contributed by atoms with Gasteiger partial charge in [0.1, 0.15) is 0 Å². The van der Waals surface area contributed by atoms with E-state index in [2.05, 4.69) is 50.4 Å². The molecule has 18 heavy (non-hydrogen) atoms. The van der Waals surface area contributed by atoms with E-state index in [9.17, 15) is 0 Å². The van der Waals surface area contributed by atoms with Gasteiger partial charge in [0.2, 0.25) is 0 Å². The average Bonchev–Trinajstić information content (AvgIpc) is 2.36. The van der Waals surface area contributed by atoms with E-state index in [1.54, 1.807) is 7.11 Å². The maximum atomic E-state index is 5.21. The maximum absolute atomic E-state index is 5.21. The van der Waals surface area contributed by atoms with Crippen LogP contribution in [0.25, 0.3) is 0 Å². The first kappa shape index (κ1) is 15.2. The minimum absolute atomic E-state index is 0.475. The van der Waals surface area contributed by atoms with E-state index in [4.69, 9.17) is 4.74 Å². The predicted octanol–water partition coefficient (Wildman–Crippen LogP) is 3.33. The van der Waals surface area contributed by atoms with Crippen molar-refractivity contribution in [3.05, 3.63) is 35.4 Å². The first-order chi connectivity index (χ1) is 8.65. The smallest absolute Gasteiger partial charge is 0.0615 e. The van der Waals surface area contributed by atoms with Crippen LogP contribution in [-0.2, 0) is 11.2 Å². The third-order valence-electron chi connectivity index (χ3n) is 3.33. The summed E-state index contributed by atoms with van der Waals surface area (Å²) in [5.41, 5.74) is 2.78. The molecule has 0 bridgehead atoms. The molecule has 0 spiro atoms. The Morgan fingerprint density at radius 1 is 1.33 bits per heavy atom. The predicted molar refractivity (Wildman–Crippen MR) is 78.1 cm³/mol. The van der Waals surface area contributed by atoms with Crippen LogP contribution in [0.4, 0.5) is 0 Å². The third kappa shape index (κ3) is 5.65. The molecule has 2 heteroatoms. The van der Waals surface area contributed by atoms with Crippen LogP contribution in [0.3, 0.4) is 0 Å². The van der Waals surface area contributed by atoms with Gasteiger partial charge in [0.05, 0.1) is 6.61 Å². The molecule has 0 amide bonds. The highest BCUT2D eigenvalue weighted by Crippen LogP contribution is 2.08. The lowest BCUT2D eigenvalue weighted by molar-refractivity contribution is 0.158. The van der Waals surface area contributed by atoms with E-state index >= 15 is 0 Å². The van der Waals surface area contributed by atoms with Gasteiger partial charge in [0.25, 0.3) is 0 Å². The van der Waals surface area contributed by atoms with E-state index in [1.807, 2.05) is 0 Å². The van der Waals surface area contributed by atoms with Crippen molar-refractivity contribution in [2.75, 3.05) is 13.7 Å². The molecule has 0 saturated heterocycles. The van der Waals surface area contributed by atoms with Crippen molar-refractivity contribution in [1.82, 2.24) is 5.32 Å². The second-order valence-corrected chi connectivity index (χ2v) is 5.16. The highest BCUT2D eigenvalue weighted by Gasteiger charge is 2.09. The van der Waals surface area contributed by atoms with Crippen LogP contribution in [0.5, 0.6) is 0 Å². The molecule has 1 aromatic rings. The van der Waals surface area contributed by atoms with Gasteiger partial charge in [-0.3, -0.25) is 0 Å². The molecular formula is C16H27NO. The quantitative estimate of drug-likeness (QED) is 0.763. The number of methoxy groups -OCH3 is 1. The summed E-state index contributed by atoms with van der Waals surface area (Å²) in [7, 11) is 1.77. The van der Waals surface area contributed by atoms with Crippen LogP contribution in [0.1, 0.15) is 37.8 Å². The fraction of sp³-hybridized carbons (Fsp3) is 0.625. The van der Waals surface area contributed by atoms with Crippen molar-refractivity contribution in [2.24, 2.45) is 0 Å². The van der Waals surface area contributed by atoms with E-state index in [0.717, 1.165) is 19.4 Å². The topological polar surface area (TPSA) is 21.3 Å². The van der Waals surface area contributed by atoms with E-state index in [-0.39, 0.29) is 0 Å². The molecule has 0 aromatic heterocycles. The summed E-state index contributed by atoms with van der Waals surface area (Å²) in [4.78, 5) is 0. The number of ether oxygens (including phenoxy) is 1. The number of nitrogens with one attached hydrogen (secondary N) is 1. The molecule has 1 aromatic carbocycles. The second-order valence-electron chi connectivity index (χ2n) is 5.16. The number of benzene rings is 1. The van der Waals surface area contributed by atoms with Gasteiger partial charge in [0.15, 0.2) is 0 Å². The lowest BCUT2D eigenvalue weighted by Crippen LogP contribution is -2.39. The van der Waals surface area contributed by atoms with Crippen LogP contribution in [0.2, 0.25) is 0 Å². The van der Waals surface area contributed by atoms with Gasteiger partial charge in [-0.1, -0.05) is 36.8 Å².